The van der Waals surface area contributed by atoms with E-state index < -0.39 is 141 Å². The molecule has 0 spiro atoms. The summed E-state index contributed by atoms with van der Waals surface area (Å²) >= 11 is 10.8. The van der Waals surface area contributed by atoms with E-state index in [1.165, 1.54) is 60.3 Å². The van der Waals surface area contributed by atoms with Gasteiger partial charge in [-0.15, -0.1) is 0 Å². The largest absolute Gasteiger partial charge is 0.481 e. The third-order valence-electron chi connectivity index (χ3n) is 15.3. The Hall–Kier alpha value is -7.55. The fourth-order valence-corrected chi connectivity index (χ4v) is 13.2. The van der Waals surface area contributed by atoms with Crippen molar-refractivity contribution >= 4 is 124 Å². The number of urea groups is 1. The van der Waals surface area contributed by atoms with Crippen molar-refractivity contribution in [3.63, 3.8) is 0 Å². The van der Waals surface area contributed by atoms with E-state index >= 15 is 4.39 Å². The quantitative estimate of drug-likeness (QED) is 0.0228. The normalized spacial score (nSPS) is 25.9. The number of hydrogen-bond acceptors (Lipinski definition) is 25. The minimum atomic E-state index is -4.50. The highest BCUT2D eigenvalue weighted by atomic mass is 32.5. The molecule has 4 fully saturated rings. The number of nitrogens with zero attached hydrogens (tertiary/aromatic N) is 7. The average Bonchev–Trinajstić information content (AvgIpc) is 1.57. The number of carboxylic acid groups (broad SMARTS) is 1. The Morgan fingerprint density at radius 2 is 1.61 bits per heavy atom. The fourth-order valence-electron chi connectivity index (χ4n) is 10.4. The van der Waals surface area contributed by atoms with Gasteiger partial charge in [-0.2, -0.15) is 4.89 Å². The van der Waals surface area contributed by atoms with Crippen LogP contribution in [-0.2, 0) is 101 Å². The highest BCUT2D eigenvalue weighted by Gasteiger charge is 2.68. The molecule has 9 rings (SSSR count). The number of imidazole rings is 2. The maximum atomic E-state index is 16.6. The molecule has 4 bridgehead atoms. The Kier molecular flexibility index (Phi) is 22.9. The van der Waals surface area contributed by atoms with E-state index in [2.05, 4.69) is 46.5 Å². The topological polar surface area (TPSA) is 466 Å². The lowest BCUT2D eigenvalue weighted by molar-refractivity contribution is -0.452. The van der Waals surface area contributed by atoms with E-state index in [0.717, 1.165) is 4.90 Å². The predicted octanol–water partition coefficient (Wildman–Crippen LogP) is 3.04. The molecule has 510 valence electrons. The zero-order valence-electron chi connectivity index (χ0n) is 50.7. The summed E-state index contributed by atoms with van der Waals surface area (Å²) in [5.41, 5.74) is 13.3. The van der Waals surface area contributed by atoms with Gasteiger partial charge >= 0.3 is 37.6 Å². The Balaban J connectivity index is 0.748. The number of anilines is 3. The highest BCUT2D eigenvalue weighted by molar-refractivity contribution is 8.07. The summed E-state index contributed by atoms with van der Waals surface area (Å²) < 4.78 is 65.8. The Labute approximate surface area is 544 Å². The van der Waals surface area contributed by atoms with E-state index in [4.69, 9.17) is 87.0 Å². The van der Waals surface area contributed by atoms with Crippen LogP contribution in [0.2, 0.25) is 0 Å². The molecule has 2 aromatic carbocycles. The second-order valence-electron chi connectivity index (χ2n) is 22.6. The second-order valence-corrected chi connectivity index (χ2v) is 28.1. The van der Waals surface area contributed by atoms with Gasteiger partial charge in [-0.05, 0) is 78.3 Å². The van der Waals surface area contributed by atoms with Crippen LogP contribution >= 0.6 is 13.4 Å². The number of rotatable bonds is 25. The Morgan fingerprint density at radius 3 is 2.34 bits per heavy atom. The van der Waals surface area contributed by atoms with Crippen LogP contribution in [0.4, 0.5) is 36.0 Å². The number of fused-ring (bicyclic) bond motifs is 4. The van der Waals surface area contributed by atoms with Crippen molar-refractivity contribution in [2.75, 3.05) is 62.9 Å². The Morgan fingerprint density at radius 1 is 0.872 bits per heavy atom. The molecule has 0 radical (unpaired) electrons. The van der Waals surface area contributed by atoms with Gasteiger partial charge in [0.1, 0.15) is 43.9 Å². The summed E-state index contributed by atoms with van der Waals surface area (Å²) in [7, 11) is 1.42. The summed E-state index contributed by atoms with van der Waals surface area (Å²) in [4.78, 5) is 153. The zero-order chi connectivity index (χ0) is 67.8. The summed E-state index contributed by atoms with van der Waals surface area (Å²) in [5, 5.41) is 22.0. The maximum absolute atomic E-state index is 16.6. The van der Waals surface area contributed by atoms with Gasteiger partial charge in [0.05, 0.1) is 49.3 Å². The lowest BCUT2D eigenvalue weighted by Gasteiger charge is -2.32. The smallest absolute Gasteiger partial charge is 0.411 e. The molecule has 12 N–H and O–H groups in total. The molecule has 7 amide bonds. The predicted molar refractivity (Wildman–Crippen MR) is 330 cm³/mol. The third kappa shape index (κ3) is 17.5. The van der Waals surface area contributed by atoms with E-state index in [9.17, 15) is 48.1 Å². The molecular weight excluding hydrogens is 1330 g/mol. The molecule has 4 saturated heterocycles. The van der Waals surface area contributed by atoms with Crippen LogP contribution in [0.3, 0.4) is 0 Å². The van der Waals surface area contributed by atoms with Crippen molar-refractivity contribution in [2.45, 2.75) is 114 Å². The van der Waals surface area contributed by atoms with Crippen molar-refractivity contribution in [1.29, 1.82) is 0 Å². The number of primary amides is 1. The second kappa shape index (κ2) is 30.5. The number of aliphatic carboxylic acids is 1. The summed E-state index contributed by atoms with van der Waals surface area (Å²) in [5.74, 6) is -7.32. The number of alkyl halides is 1. The van der Waals surface area contributed by atoms with E-state index in [-0.39, 0.29) is 99.1 Å². The first kappa shape index (κ1) is 70.8. The van der Waals surface area contributed by atoms with Crippen LogP contribution in [0.15, 0.2) is 61.4 Å². The molecule has 94 heavy (non-hydrogen) atoms. The fraction of sp³-hybridized carbons (Fsp3) is 0.519. The van der Waals surface area contributed by atoms with E-state index in [0.29, 0.717) is 16.8 Å². The number of carboxylic acids is 1. The number of nitrogen functional groups attached to an aromatic ring is 1. The number of ketones is 1. The van der Waals surface area contributed by atoms with Crippen LogP contribution in [0.25, 0.3) is 22.2 Å². The van der Waals surface area contributed by atoms with Gasteiger partial charge in [0.25, 0.3) is 5.79 Å². The average molecular weight is 1400 g/mol. The number of Topliss-reactive ketones (excluding diaryl/α,β-unsaturated/α-hetero) is 1. The van der Waals surface area contributed by atoms with Gasteiger partial charge in [-0.3, -0.25) is 42.9 Å². The summed E-state index contributed by atoms with van der Waals surface area (Å²) in [6, 6.07) is 9.06. The van der Waals surface area contributed by atoms with E-state index in [1.807, 2.05) is 0 Å². The molecule has 3 unspecified atom stereocenters. The number of amides is 7. The number of carbonyl (C=O) groups is 8. The standard InChI is InChI=1S/C54H69FN14O21P2S2/c1-27(2)40(66-37(71)13-15-58-47(74)28(3)18-38(72)73)35(70)19-30(6-5-14-59-51(57)76)48(75)64-31-9-7-29(8-10-31)21-82-53(78)67(4)16-17-81-52(77)65-32-11-12-33-34(20-32)68(25-62-33)49-42-39(55)36(85-49)22-83-91(79,93)89-44-43-50(69-26-63-41-45(56)60-24-61-46(41)69)86-54(44,90-87-43)23-84-92(80,94)88-42/h7-12,20,24-28,30,36,39-40,42-44,49-50H,5-6,13-19,21-23H2,1-4H3,(H,58,74)(H,64,75)(H,65,77)(H,66,71)(H,72,73)(H,79,93)(H,80,94)(H2,56,60,61)(H3,57,59,76)/t28?,30-,36-,39-,40+,42-,43-,44+,49-,50-,54+,91?,92?/m1/s1. The number of hydrogen-bond donors (Lipinski definition) is 10. The number of aromatic nitrogens is 6. The molecule has 4 aliphatic rings. The minimum Gasteiger partial charge on any atom is -0.481 e. The molecule has 5 aromatic rings. The molecule has 3 aromatic heterocycles. The molecule has 0 aliphatic carbocycles. The van der Waals surface area contributed by atoms with Crippen LogP contribution in [0, 0.1) is 17.8 Å². The number of benzene rings is 2. The first-order valence-corrected chi connectivity index (χ1v) is 34.4. The highest BCUT2D eigenvalue weighted by Crippen LogP contribution is 2.59. The Bertz CT molecular complexity index is 3750. The first-order chi connectivity index (χ1) is 44.6. The molecule has 40 heteroatoms. The molecule has 0 saturated carbocycles. The van der Waals surface area contributed by atoms with Gasteiger partial charge < -0.3 is 85.1 Å². The van der Waals surface area contributed by atoms with Gasteiger partial charge in [-0.25, -0.2) is 43.6 Å². The molecule has 35 nitrogen and oxygen atoms in total. The molecule has 7 heterocycles. The van der Waals surface area contributed by atoms with Crippen molar-refractivity contribution in [1.82, 2.24) is 49.9 Å². The number of nitrogens with one attached hydrogen (secondary N) is 5. The van der Waals surface area contributed by atoms with Crippen LogP contribution in [-0.4, -0.2) is 185 Å². The molecule has 13 atom stereocenters. The lowest BCUT2D eigenvalue weighted by Crippen LogP contribution is -2.46. The maximum Gasteiger partial charge on any atom is 0.411 e. The minimum absolute atomic E-state index is 0.0768. The van der Waals surface area contributed by atoms with Crippen LogP contribution in [0.1, 0.15) is 70.9 Å². The van der Waals surface area contributed by atoms with Gasteiger partial charge in [0.15, 0.2) is 48.1 Å². The molecular formula is C54H69FN14O21P2S2. The number of carbonyl (C=O) groups excluding carboxylic acids is 7. The summed E-state index contributed by atoms with van der Waals surface area (Å²) in [6.45, 7) is -6.02. The zero-order valence-corrected chi connectivity index (χ0v) is 54.1. The van der Waals surface area contributed by atoms with Gasteiger partial charge in [0.2, 0.25) is 17.7 Å². The van der Waals surface area contributed by atoms with Crippen molar-refractivity contribution in [2.24, 2.45) is 23.5 Å². The number of halogens is 1. The van der Waals surface area contributed by atoms with Crippen LogP contribution in [0.5, 0.6) is 0 Å². The monoisotopic (exact) mass is 1390 g/mol. The number of nitrogens with two attached hydrogens (primary N) is 2. The van der Waals surface area contributed by atoms with Crippen molar-refractivity contribution in [3.8, 4) is 0 Å². The SMILES string of the molecule is CC(CC(=O)O)C(=O)NCCC(=O)N[C@H](C(=O)C[C@@H](CCCNC(N)=O)C(=O)Nc1ccc(COC(=O)N(C)CCOC(=O)Nc2ccc3ncn([C@@H]4O[C@@H]5COP(O)(=S)O[C@H]6[C@H]7OO[C@]6(COP(O)(=S)O[C@@H]4[C@@H]5F)O[C@H]7n4cnc5c(N)ncnc54)c3c2)cc1)C(C)C. The summed E-state index contributed by atoms with van der Waals surface area (Å²) in [6.07, 6.45) is -8.81. The van der Waals surface area contributed by atoms with Gasteiger partial charge in [-0.1, -0.05) is 32.9 Å². The lowest BCUT2D eigenvalue weighted by atomic mass is 9.89. The van der Waals surface area contributed by atoms with Crippen molar-refractivity contribution in [3.05, 3.63) is 67.0 Å². The number of likely N-dealkylation sites (N-methyl/N-ethyl adjacent to an activating group) is 1. The van der Waals surface area contributed by atoms with E-state index in [1.54, 1.807) is 38.1 Å². The molecule has 4 aliphatic heterocycles. The van der Waals surface area contributed by atoms with Crippen molar-refractivity contribution < 1.29 is 104 Å². The van der Waals surface area contributed by atoms with Gasteiger partial charge in [0, 0.05) is 56.2 Å². The number of ether oxygens (including phenoxy) is 4. The van der Waals surface area contributed by atoms with Crippen LogP contribution < -0.4 is 38.1 Å². The first-order valence-electron chi connectivity index (χ1n) is 29.2. The third-order valence-corrected chi connectivity index (χ3v) is 18.4.